The molecule has 0 spiro atoms. The molecule has 5 nitrogen and oxygen atoms in total. The highest BCUT2D eigenvalue weighted by Gasteiger charge is 2.43. The predicted molar refractivity (Wildman–Crippen MR) is 78.0 cm³/mol. The van der Waals surface area contributed by atoms with E-state index in [0.29, 0.717) is 26.1 Å². The van der Waals surface area contributed by atoms with Crippen molar-refractivity contribution in [2.45, 2.75) is 57.9 Å². The molecule has 1 saturated heterocycles. The number of carbonyl (C=O) groups excluding carboxylic acids is 2. The molecule has 1 unspecified atom stereocenters. The zero-order valence-electron chi connectivity index (χ0n) is 12.5. The second kappa shape index (κ2) is 6.57. The number of rotatable bonds is 3. The minimum Gasteiger partial charge on any atom is -0.353 e. The van der Waals surface area contributed by atoms with Crippen molar-refractivity contribution in [1.82, 2.24) is 10.2 Å². The van der Waals surface area contributed by atoms with Gasteiger partial charge in [0, 0.05) is 19.6 Å². The molecule has 114 valence electrons. The molecule has 1 aliphatic carbocycles. The summed E-state index contributed by atoms with van der Waals surface area (Å²) in [7, 11) is 0. The van der Waals surface area contributed by atoms with Gasteiger partial charge >= 0.3 is 0 Å². The van der Waals surface area contributed by atoms with Crippen LogP contribution in [0.2, 0.25) is 0 Å². The van der Waals surface area contributed by atoms with E-state index in [0.717, 1.165) is 25.7 Å². The van der Waals surface area contributed by atoms with E-state index < -0.39 is 5.41 Å². The number of nitrogens with one attached hydrogen (secondary N) is 1. The normalized spacial score (nSPS) is 26.8. The molecule has 0 aromatic rings. The number of nitrogens with two attached hydrogens (primary N) is 1. The van der Waals surface area contributed by atoms with Crippen LogP contribution in [0.5, 0.6) is 0 Å². The Morgan fingerprint density at radius 3 is 2.55 bits per heavy atom. The molecule has 2 rings (SSSR count). The Hall–Kier alpha value is -1.10. The number of hydrogen-bond acceptors (Lipinski definition) is 3. The third-order valence-corrected chi connectivity index (χ3v) is 4.88. The maximum absolute atomic E-state index is 13.0. The van der Waals surface area contributed by atoms with Crippen molar-refractivity contribution in [3.63, 3.8) is 0 Å². The molecule has 5 heteroatoms. The second-order valence-electron chi connectivity index (χ2n) is 6.11. The summed E-state index contributed by atoms with van der Waals surface area (Å²) in [5.74, 6) is 0.0940. The molecule has 0 bridgehead atoms. The van der Waals surface area contributed by atoms with E-state index in [9.17, 15) is 9.59 Å². The lowest BCUT2D eigenvalue weighted by Gasteiger charge is -2.41. The molecule has 0 aromatic heterocycles. The highest BCUT2D eigenvalue weighted by Crippen LogP contribution is 2.36. The van der Waals surface area contributed by atoms with Gasteiger partial charge in [-0.2, -0.15) is 0 Å². The van der Waals surface area contributed by atoms with Gasteiger partial charge in [0.05, 0.1) is 5.41 Å². The Kier molecular flexibility index (Phi) is 5.02. The van der Waals surface area contributed by atoms with Crippen LogP contribution in [0.25, 0.3) is 0 Å². The van der Waals surface area contributed by atoms with Gasteiger partial charge in [-0.1, -0.05) is 32.6 Å². The van der Waals surface area contributed by atoms with Crippen LogP contribution >= 0.6 is 0 Å². The Morgan fingerprint density at radius 1 is 1.35 bits per heavy atom. The summed E-state index contributed by atoms with van der Waals surface area (Å²) in [5.41, 5.74) is 5.56. The maximum Gasteiger partial charge on any atom is 0.242 e. The Morgan fingerprint density at radius 2 is 2.00 bits per heavy atom. The Bertz CT molecular complexity index is 362. The van der Waals surface area contributed by atoms with Crippen molar-refractivity contribution in [2.24, 2.45) is 11.1 Å². The van der Waals surface area contributed by atoms with Crippen LogP contribution in [0.1, 0.15) is 51.9 Å². The lowest BCUT2D eigenvalue weighted by Crippen LogP contribution is -2.61. The van der Waals surface area contributed by atoms with Gasteiger partial charge in [-0.05, 0) is 19.3 Å². The fourth-order valence-electron chi connectivity index (χ4n) is 3.58. The average Bonchev–Trinajstić information content (AvgIpc) is 2.72. The van der Waals surface area contributed by atoms with Gasteiger partial charge in [0.1, 0.15) is 6.04 Å². The van der Waals surface area contributed by atoms with Gasteiger partial charge in [0.15, 0.2) is 0 Å². The summed E-state index contributed by atoms with van der Waals surface area (Å²) in [6.45, 7) is 3.53. The van der Waals surface area contributed by atoms with Crippen LogP contribution in [-0.2, 0) is 9.59 Å². The van der Waals surface area contributed by atoms with Crippen molar-refractivity contribution in [3.05, 3.63) is 0 Å². The summed E-state index contributed by atoms with van der Waals surface area (Å²) in [6, 6.07) is -0.317. The standard InChI is InChI=1S/C15H27N3O2/c1-2-12-13(19)17-9-10-18(12)14(20)15(11-16)7-5-3-4-6-8-15/h12H,2-11,16H2,1H3,(H,17,19). The molecule has 0 radical (unpaired) electrons. The zero-order valence-corrected chi connectivity index (χ0v) is 12.5. The number of nitrogens with zero attached hydrogens (tertiary/aromatic N) is 1. The van der Waals surface area contributed by atoms with Gasteiger partial charge in [0.2, 0.25) is 11.8 Å². The number of piperazine rings is 1. The molecule has 3 N–H and O–H groups in total. The van der Waals surface area contributed by atoms with E-state index in [1.165, 1.54) is 12.8 Å². The third kappa shape index (κ3) is 2.82. The lowest BCUT2D eigenvalue weighted by molar-refractivity contribution is -0.151. The third-order valence-electron chi connectivity index (χ3n) is 4.88. The quantitative estimate of drug-likeness (QED) is 0.758. The lowest BCUT2D eigenvalue weighted by atomic mass is 9.78. The van der Waals surface area contributed by atoms with Gasteiger partial charge in [-0.25, -0.2) is 0 Å². The van der Waals surface area contributed by atoms with E-state index in [2.05, 4.69) is 5.32 Å². The first-order valence-electron chi connectivity index (χ1n) is 7.93. The first kappa shape index (κ1) is 15.3. The van der Waals surface area contributed by atoms with E-state index >= 15 is 0 Å². The number of carbonyl (C=O) groups is 2. The van der Waals surface area contributed by atoms with Crippen LogP contribution in [0.4, 0.5) is 0 Å². The van der Waals surface area contributed by atoms with Crippen LogP contribution in [0.3, 0.4) is 0 Å². The molecular formula is C15H27N3O2. The van der Waals surface area contributed by atoms with Crippen LogP contribution < -0.4 is 11.1 Å². The van der Waals surface area contributed by atoms with Crippen molar-refractivity contribution >= 4 is 11.8 Å². The smallest absolute Gasteiger partial charge is 0.242 e. The molecule has 2 fully saturated rings. The highest BCUT2D eigenvalue weighted by molar-refractivity contribution is 5.91. The van der Waals surface area contributed by atoms with Crippen molar-refractivity contribution < 1.29 is 9.59 Å². The molecule has 1 heterocycles. The summed E-state index contributed by atoms with van der Waals surface area (Å²) < 4.78 is 0. The zero-order chi connectivity index (χ0) is 14.6. The van der Waals surface area contributed by atoms with Crippen LogP contribution in [0.15, 0.2) is 0 Å². The Labute approximate surface area is 121 Å². The van der Waals surface area contributed by atoms with Crippen molar-refractivity contribution in [2.75, 3.05) is 19.6 Å². The van der Waals surface area contributed by atoms with Crippen LogP contribution in [0, 0.1) is 5.41 Å². The molecule has 1 saturated carbocycles. The van der Waals surface area contributed by atoms with Gasteiger partial charge in [-0.15, -0.1) is 0 Å². The van der Waals surface area contributed by atoms with Gasteiger partial charge < -0.3 is 16.0 Å². The molecule has 1 atom stereocenters. The fourth-order valence-corrected chi connectivity index (χ4v) is 3.58. The molecule has 2 amide bonds. The predicted octanol–water partition coefficient (Wildman–Crippen LogP) is 1.02. The van der Waals surface area contributed by atoms with E-state index in [-0.39, 0.29) is 17.9 Å². The second-order valence-corrected chi connectivity index (χ2v) is 6.11. The monoisotopic (exact) mass is 281 g/mol. The van der Waals surface area contributed by atoms with E-state index in [1.807, 2.05) is 6.92 Å². The SMILES string of the molecule is CCC1C(=O)NCCN1C(=O)C1(CN)CCCCCC1. The largest absolute Gasteiger partial charge is 0.353 e. The average molecular weight is 281 g/mol. The van der Waals surface area contributed by atoms with Crippen molar-refractivity contribution in [3.8, 4) is 0 Å². The molecular weight excluding hydrogens is 254 g/mol. The summed E-state index contributed by atoms with van der Waals surface area (Å²) in [4.78, 5) is 26.8. The summed E-state index contributed by atoms with van der Waals surface area (Å²) >= 11 is 0. The minimum atomic E-state index is -0.429. The first-order valence-corrected chi connectivity index (χ1v) is 7.93. The molecule has 2 aliphatic rings. The minimum absolute atomic E-state index is 0.0205. The molecule has 1 aliphatic heterocycles. The number of amides is 2. The van der Waals surface area contributed by atoms with Gasteiger partial charge in [-0.3, -0.25) is 9.59 Å². The topological polar surface area (TPSA) is 75.4 Å². The number of hydrogen-bond donors (Lipinski definition) is 2. The van der Waals surface area contributed by atoms with E-state index in [4.69, 9.17) is 5.73 Å². The highest BCUT2D eigenvalue weighted by atomic mass is 16.2. The van der Waals surface area contributed by atoms with Gasteiger partial charge in [0.25, 0.3) is 0 Å². The summed E-state index contributed by atoms with van der Waals surface area (Å²) in [5, 5.41) is 2.85. The first-order chi connectivity index (χ1) is 9.64. The van der Waals surface area contributed by atoms with Crippen molar-refractivity contribution in [1.29, 1.82) is 0 Å². The fraction of sp³-hybridized carbons (Fsp3) is 0.867. The van der Waals surface area contributed by atoms with E-state index in [1.54, 1.807) is 4.90 Å². The maximum atomic E-state index is 13.0. The Balaban J connectivity index is 2.19. The summed E-state index contributed by atoms with van der Waals surface area (Å²) in [6.07, 6.45) is 6.92. The van der Waals surface area contributed by atoms with Crippen LogP contribution in [-0.4, -0.2) is 42.4 Å². The molecule has 0 aromatic carbocycles. The molecule has 20 heavy (non-hydrogen) atoms.